The van der Waals surface area contributed by atoms with Crippen LogP contribution < -0.4 is 11.3 Å². The van der Waals surface area contributed by atoms with Gasteiger partial charge in [-0.3, -0.25) is 5.84 Å². The standard InChI is InChI=1S/C12H15FN4S/c1-3-10-12(18-17-16-10)11(15-14)8-5-4-7(2)9(13)6-8/h4-6,11,15H,3,14H2,1-2H3. The summed E-state index contributed by atoms with van der Waals surface area (Å²) in [7, 11) is 0. The third kappa shape index (κ3) is 2.40. The zero-order valence-electron chi connectivity index (χ0n) is 10.3. The maximum atomic E-state index is 13.6. The molecule has 0 amide bonds. The van der Waals surface area contributed by atoms with Gasteiger partial charge >= 0.3 is 0 Å². The molecule has 1 atom stereocenters. The van der Waals surface area contributed by atoms with Crippen molar-refractivity contribution in [3.8, 4) is 0 Å². The van der Waals surface area contributed by atoms with Gasteiger partial charge < -0.3 is 0 Å². The van der Waals surface area contributed by atoms with Crippen LogP contribution in [0.5, 0.6) is 0 Å². The monoisotopic (exact) mass is 266 g/mol. The predicted octanol–water partition coefficient (Wildman–Crippen LogP) is 2.10. The molecule has 0 saturated heterocycles. The number of rotatable bonds is 4. The van der Waals surface area contributed by atoms with E-state index in [9.17, 15) is 4.39 Å². The molecule has 18 heavy (non-hydrogen) atoms. The molecular formula is C12H15FN4S. The second-order valence-electron chi connectivity index (χ2n) is 4.05. The Bertz CT molecular complexity index is 541. The fourth-order valence-corrected chi connectivity index (χ4v) is 2.62. The van der Waals surface area contributed by atoms with E-state index >= 15 is 0 Å². The number of aryl methyl sites for hydroxylation is 2. The van der Waals surface area contributed by atoms with Crippen LogP contribution in [-0.2, 0) is 6.42 Å². The van der Waals surface area contributed by atoms with Gasteiger partial charge in [-0.2, -0.15) is 0 Å². The second kappa shape index (κ2) is 5.51. The Morgan fingerprint density at radius 1 is 1.50 bits per heavy atom. The van der Waals surface area contributed by atoms with Crippen molar-refractivity contribution >= 4 is 11.5 Å². The smallest absolute Gasteiger partial charge is 0.126 e. The fourth-order valence-electron chi connectivity index (χ4n) is 1.79. The number of hydrogen-bond acceptors (Lipinski definition) is 5. The van der Waals surface area contributed by atoms with E-state index in [1.54, 1.807) is 13.0 Å². The van der Waals surface area contributed by atoms with E-state index in [4.69, 9.17) is 5.84 Å². The minimum Gasteiger partial charge on any atom is -0.271 e. The zero-order chi connectivity index (χ0) is 13.1. The number of nitrogens with two attached hydrogens (primary N) is 1. The average Bonchev–Trinajstić information content (AvgIpc) is 2.83. The largest absolute Gasteiger partial charge is 0.271 e. The topological polar surface area (TPSA) is 63.8 Å². The van der Waals surface area contributed by atoms with E-state index in [0.29, 0.717) is 5.56 Å². The number of hydrazine groups is 1. The van der Waals surface area contributed by atoms with Gasteiger partial charge in [0.05, 0.1) is 16.6 Å². The van der Waals surface area contributed by atoms with Gasteiger partial charge in [0.15, 0.2) is 0 Å². The van der Waals surface area contributed by atoms with Gasteiger partial charge in [0.25, 0.3) is 0 Å². The van der Waals surface area contributed by atoms with E-state index in [1.807, 2.05) is 13.0 Å². The number of nitrogens with one attached hydrogen (secondary N) is 1. The fraction of sp³-hybridized carbons (Fsp3) is 0.333. The van der Waals surface area contributed by atoms with Crippen LogP contribution in [0, 0.1) is 12.7 Å². The summed E-state index contributed by atoms with van der Waals surface area (Å²) in [5, 5.41) is 4.05. The van der Waals surface area contributed by atoms with Gasteiger partial charge in [-0.15, -0.1) is 5.10 Å². The SMILES string of the molecule is CCc1nnsc1C(NN)c1ccc(C)c(F)c1. The minimum absolute atomic E-state index is 0.233. The van der Waals surface area contributed by atoms with E-state index in [0.717, 1.165) is 22.6 Å². The molecule has 4 nitrogen and oxygen atoms in total. The lowest BCUT2D eigenvalue weighted by molar-refractivity contribution is 0.600. The highest BCUT2D eigenvalue weighted by Gasteiger charge is 2.19. The summed E-state index contributed by atoms with van der Waals surface area (Å²) in [5.74, 6) is 5.35. The molecule has 0 radical (unpaired) electrons. The minimum atomic E-state index is -0.268. The van der Waals surface area contributed by atoms with Crippen molar-refractivity contribution in [3.05, 3.63) is 45.7 Å². The van der Waals surface area contributed by atoms with Gasteiger partial charge in [-0.05, 0) is 42.1 Å². The van der Waals surface area contributed by atoms with Crippen molar-refractivity contribution in [2.45, 2.75) is 26.3 Å². The normalized spacial score (nSPS) is 12.7. The summed E-state index contributed by atoms with van der Waals surface area (Å²) >= 11 is 1.29. The van der Waals surface area contributed by atoms with Crippen molar-refractivity contribution in [2.75, 3.05) is 0 Å². The Labute approximate surface area is 109 Å². The predicted molar refractivity (Wildman–Crippen MR) is 69.6 cm³/mol. The summed E-state index contributed by atoms with van der Waals surface area (Å²) < 4.78 is 17.5. The summed E-state index contributed by atoms with van der Waals surface area (Å²) in [6, 6.07) is 4.84. The van der Waals surface area contributed by atoms with Crippen LogP contribution in [0.15, 0.2) is 18.2 Å². The van der Waals surface area contributed by atoms with Gasteiger partial charge in [0, 0.05) is 0 Å². The Morgan fingerprint density at radius 3 is 2.89 bits per heavy atom. The Kier molecular flexibility index (Phi) is 4.00. The molecule has 1 unspecified atom stereocenters. The molecule has 1 aromatic heterocycles. The maximum absolute atomic E-state index is 13.6. The first kappa shape index (κ1) is 13.1. The lowest BCUT2D eigenvalue weighted by atomic mass is 10.0. The Morgan fingerprint density at radius 2 is 2.28 bits per heavy atom. The van der Waals surface area contributed by atoms with Gasteiger partial charge in [0.2, 0.25) is 0 Å². The van der Waals surface area contributed by atoms with E-state index in [-0.39, 0.29) is 11.9 Å². The molecule has 0 aliphatic carbocycles. The van der Waals surface area contributed by atoms with Crippen molar-refractivity contribution < 1.29 is 4.39 Å². The van der Waals surface area contributed by atoms with Crippen molar-refractivity contribution in [1.82, 2.24) is 15.0 Å². The van der Waals surface area contributed by atoms with E-state index < -0.39 is 0 Å². The van der Waals surface area contributed by atoms with Crippen molar-refractivity contribution in [3.63, 3.8) is 0 Å². The number of aromatic nitrogens is 2. The molecule has 1 aromatic carbocycles. The van der Waals surface area contributed by atoms with Crippen LogP contribution in [0.25, 0.3) is 0 Å². The molecular weight excluding hydrogens is 251 g/mol. The molecule has 0 fully saturated rings. The highest BCUT2D eigenvalue weighted by atomic mass is 32.1. The Balaban J connectivity index is 2.42. The summed E-state index contributed by atoms with van der Waals surface area (Å²) in [6.07, 6.45) is 0.776. The number of hydrogen-bond donors (Lipinski definition) is 2. The first-order valence-electron chi connectivity index (χ1n) is 5.70. The highest BCUT2D eigenvalue weighted by molar-refractivity contribution is 7.05. The van der Waals surface area contributed by atoms with Crippen LogP contribution in [0.3, 0.4) is 0 Å². The van der Waals surface area contributed by atoms with Crippen LogP contribution >= 0.6 is 11.5 Å². The maximum Gasteiger partial charge on any atom is 0.126 e. The summed E-state index contributed by atoms with van der Waals surface area (Å²) in [4.78, 5) is 0.934. The first-order valence-corrected chi connectivity index (χ1v) is 6.48. The van der Waals surface area contributed by atoms with Gasteiger partial charge in [0.1, 0.15) is 5.82 Å². The van der Waals surface area contributed by atoms with Crippen LogP contribution in [0.1, 0.15) is 34.7 Å². The number of benzene rings is 1. The molecule has 0 aliphatic heterocycles. The molecule has 6 heteroatoms. The molecule has 0 bridgehead atoms. The highest BCUT2D eigenvalue weighted by Crippen LogP contribution is 2.27. The molecule has 96 valence electrons. The molecule has 0 aliphatic rings. The quantitative estimate of drug-likeness (QED) is 0.657. The summed E-state index contributed by atoms with van der Waals surface area (Å²) in [5.41, 5.74) is 5.00. The Hall–Kier alpha value is -1.37. The van der Waals surface area contributed by atoms with E-state index in [1.165, 1.54) is 17.6 Å². The van der Waals surface area contributed by atoms with E-state index in [2.05, 4.69) is 15.0 Å². The lowest BCUT2D eigenvalue weighted by Gasteiger charge is -2.15. The molecule has 0 saturated carbocycles. The van der Waals surface area contributed by atoms with Crippen molar-refractivity contribution in [1.29, 1.82) is 0 Å². The molecule has 0 spiro atoms. The molecule has 1 heterocycles. The molecule has 3 N–H and O–H groups in total. The first-order chi connectivity index (χ1) is 8.67. The van der Waals surface area contributed by atoms with Crippen LogP contribution in [0.4, 0.5) is 4.39 Å². The number of nitrogens with zero attached hydrogens (tertiary/aromatic N) is 2. The third-order valence-electron chi connectivity index (χ3n) is 2.88. The van der Waals surface area contributed by atoms with Gasteiger partial charge in [-0.1, -0.05) is 23.5 Å². The molecule has 2 rings (SSSR count). The summed E-state index contributed by atoms with van der Waals surface area (Å²) in [6.45, 7) is 3.74. The van der Waals surface area contributed by atoms with Crippen LogP contribution in [-0.4, -0.2) is 9.59 Å². The number of halogens is 1. The average molecular weight is 266 g/mol. The third-order valence-corrected chi connectivity index (χ3v) is 3.71. The molecule has 2 aromatic rings. The lowest BCUT2D eigenvalue weighted by Crippen LogP contribution is -2.29. The van der Waals surface area contributed by atoms with Crippen LogP contribution in [0.2, 0.25) is 0 Å². The second-order valence-corrected chi connectivity index (χ2v) is 4.83. The van der Waals surface area contributed by atoms with Gasteiger partial charge in [-0.25, -0.2) is 9.82 Å². The zero-order valence-corrected chi connectivity index (χ0v) is 11.1. The van der Waals surface area contributed by atoms with Crippen molar-refractivity contribution in [2.24, 2.45) is 5.84 Å².